The predicted molar refractivity (Wildman–Crippen MR) is 137 cm³/mol. The van der Waals surface area contributed by atoms with Crippen LogP contribution in [-0.2, 0) is 11.3 Å². The van der Waals surface area contributed by atoms with Crippen LogP contribution in [0, 0.1) is 11.7 Å². The van der Waals surface area contributed by atoms with Crippen LogP contribution in [0.5, 0.6) is 0 Å². The minimum absolute atomic E-state index is 0.270. The van der Waals surface area contributed by atoms with E-state index in [0.717, 1.165) is 40.0 Å². The molecule has 180 valence electrons. The highest BCUT2D eigenvalue weighted by molar-refractivity contribution is 6.04. The first-order valence-electron chi connectivity index (χ1n) is 12.3. The van der Waals surface area contributed by atoms with Gasteiger partial charge in [0.15, 0.2) is 0 Å². The first-order chi connectivity index (χ1) is 17.0. The molecular weight excluding hydrogens is 441 g/mol. The van der Waals surface area contributed by atoms with E-state index < -0.39 is 6.04 Å². The van der Waals surface area contributed by atoms with Gasteiger partial charge in [0.1, 0.15) is 17.3 Å². The van der Waals surface area contributed by atoms with Gasteiger partial charge in [0.2, 0.25) is 5.91 Å². The van der Waals surface area contributed by atoms with Gasteiger partial charge in [-0.1, -0.05) is 19.3 Å². The summed E-state index contributed by atoms with van der Waals surface area (Å²) in [6.07, 6.45) is 9.65. The maximum absolute atomic E-state index is 13.9. The second-order valence-electron chi connectivity index (χ2n) is 9.43. The molecule has 1 atom stereocenters. The standard InChI is InChI=1S/C28H30FN5O/c1-18(30)28(35)33-24-12-11-23-25(20-13-15-31-16-14-20)26(21-7-9-22(29)10-8-21)34(27(23)32-24)17-19-5-3-2-4-6-19/h7-16,18-19H,2-6,17,30H2,1H3,(H,32,33,35)/t18-/m0/s1. The number of pyridine rings is 2. The van der Waals surface area contributed by atoms with Crippen molar-refractivity contribution in [1.82, 2.24) is 14.5 Å². The Labute approximate surface area is 204 Å². The van der Waals surface area contributed by atoms with Crippen LogP contribution in [0.2, 0.25) is 0 Å². The van der Waals surface area contributed by atoms with Crippen molar-refractivity contribution in [1.29, 1.82) is 0 Å². The third-order valence-electron chi connectivity index (χ3n) is 6.82. The Morgan fingerprint density at radius 1 is 1.06 bits per heavy atom. The summed E-state index contributed by atoms with van der Waals surface area (Å²) in [5, 5.41) is 3.81. The van der Waals surface area contributed by atoms with E-state index in [1.807, 2.05) is 36.4 Å². The zero-order chi connectivity index (χ0) is 24.4. The molecule has 6 nitrogen and oxygen atoms in total. The molecule has 0 aliphatic heterocycles. The predicted octanol–water partition coefficient (Wildman–Crippen LogP) is 5.77. The van der Waals surface area contributed by atoms with E-state index in [0.29, 0.717) is 11.7 Å². The van der Waals surface area contributed by atoms with Gasteiger partial charge >= 0.3 is 0 Å². The zero-order valence-corrected chi connectivity index (χ0v) is 19.9. The second kappa shape index (κ2) is 9.96. The van der Waals surface area contributed by atoms with Gasteiger partial charge in [-0.3, -0.25) is 9.78 Å². The lowest BCUT2D eigenvalue weighted by Crippen LogP contribution is -2.32. The van der Waals surface area contributed by atoms with E-state index in [2.05, 4.69) is 14.9 Å². The summed E-state index contributed by atoms with van der Waals surface area (Å²) >= 11 is 0. The molecule has 1 fully saturated rings. The van der Waals surface area contributed by atoms with Gasteiger partial charge in [0.25, 0.3) is 0 Å². The molecule has 3 aromatic heterocycles. The highest BCUT2D eigenvalue weighted by Crippen LogP contribution is 2.42. The summed E-state index contributed by atoms with van der Waals surface area (Å²) in [5.74, 6) is 0.450. The van der Waals surface area contributed by atoms with Crippen LogP contribution >= 0.6 is 0 Å². The van der Waals surface area contributed by atoms with E-state index in [9.17, 15) is 9.18 Å². The number of hydrogen-bond acceptors (Lipinski definition) is 4. The average molecular weight is 472 g/mol. The van der Waals surface area contributed by atoms with Crippen LogP contribution in [-0.4, -0.2) is 26.5 Å². The van der Waals surface area contributed by atoms with Crippen molar-refractivity contribution >= 4 is 22.8 Å². The normalized spacial score (nSPS) is 15.3. The largest absolute Gasteiger partial charge is 0.324 e. The molecule has 3 N–H and O–H groups in total. The summed E-state index contributed by atoms with van der Waals surface area (Å²) in [6, 6.07) is 13.8. The molecule has 0 unspecified atom stereocenters. The van der Waals surface area contributed by atoms with Crippen LogP contribution in [0.1, 0.15) is 39.0 Å². The number of fused-ring (bicyclic) bond motifs is 1. The summed E-state index contributed by atoms with van der Waals surface area (Å²) in [5.41, 5.74) is 10.5. The lowest BCUT2D eigenvalue weighted by atomic mass is 9.89. The highest BCUT2D eigenvalue weighted by Gasteiger charge is 2.24. The lowest BCUT2D eigenvalue weighted by Gasteiger charge is -2.24. The number of nitrogens with one attached hydrogen (secondary N) is 1. The third-order valence-corrected chi connectivity index (χ3v) is 6.82. The molecule has 0 radical (unpaired) electrons. The molecule has 1 amide bonds. The lowest BCUT2D eigenvalue weighted by molar-refractivity contribution is -0.117. The van der Waals surface area contributed by atoms with Crippen LogP contribution < -0.4 is 11.1 Å². The minimum atomic E-state index is -0.635. The molecule has 35 heavy (non-hydrogen) atoms. The SMILES string of the molecule is C[C@H](N)C(=O)Nc1ccc2c(-c3ccncc3)c(-c3ccc(F)cc3)n(CC3CCCCC3)c2n1. The molecule has 3 heterocycles. The van der Waals surface area contributed by atoms with E-state index in [-0.39, 0.29) is 11.7 Å². The number of hydrogen-bond donors (Lipinski definition) is 2. The van der Waals surface area contributed by atoms with Gasteiger partial charge < -0.3 is 15.6 Å². The second-order valence-corrected chi connectivity index (χ2v) is 9.43. The maximum Gasteiger partial charge on any atom is 0.242 e. The number of rotatable bonds is 6. The van der Waals surface area contributed by atoms with E-state index in [4.69, 9.17) is 10.7 Å². The Morgan fingerprint density at radius 2 is 1.77 bits per heavy atom. The number of benzene rings is 1. The van der Waals surface area contributed by atoms with Crippen LogP contribution in [0.3, 0.4) is 0 Å². The Bertz CT molecular complexity index is 1330. The molecule has 0 bridgehead atoms. The van der Waals surface area contributed by atoms with Crippen molar-refractivity contribution in [3.63, 3.8) is 0 Å². The molecule has 4 aromatic rings. The molecular formula is C28H30FN5O. The summed E-state index contributed by atoms with van der Waals surface area (Å²) in [6.45, 7) is 2.46. The van der Waals surface area contributed by atoms with Gasteiger partial charge in [0, 0.05) is 29.9 Å². The average Bonchev–Trinajstić information content (AvgIpc) is 3.19. The molecule has 1 aliphatic carbocycles. The van der Waals surface area contributed by atoms with Crippen molar-refractivity contribution in [2.75, 3.05) is 5.32 Å². The van der Waals surface area contributed by atoms with Crippen LogP contribution in [0.25, 0.3) is 33.4 Å². The summed E-state index contributed by atoms with van der Waals surface area (Å²) < 4.78 is 16.1. The van der Waals surface area contributed by atoms with Gasteiger partial charge in [-0.25, -0.2) is 9.37 Å². The highest BCUT2D eigenvalue weighted by atomic mass is 19.1. The molecule has 5 rings (SSSR count). The number of amides is 1. The van der Waals surface area contributed by atoms with Crippen LogP contribution in [0.4, 0.5) is 10.2 Å². The molecule has 0 saturated heterocycles. The van der Waals surface area contributed by atoms with Crippen molar-refractivity contribution in [2.45, 2.75) is 51.6 Å². The molecule has 1 aromatic carbocycles. The fraction of sp³-hybridized carbons (Fsp3) is 0.321. The number of carbonyl (C=O) groups is 1. The molecule has 1 aliphatic rings. The topological polar surface area (TPSA) is 85.8 Å². The molecule has 0 spiro atoms. The Kier molecular flexibility index (Phi) is 6.59. The number of nitrogens with zero attached hydrogens (tertiary/aromatic N) is 3. The third kappa shape index (κ3) is 4.82. The van der Waals surface area contributed by atoms with Gasteiger partial charge in [-0.05, 0) is 85.3 Å². The number of carbonyl (C=O) groups excluding carboxylic acids is 1. The number of anilines is 1. The first kappa shape index (κ1) is 23.2. The monoisotopic (exact) mass is 471 g/mol. The van der Waals surface area contributed by atoms with E-state index in [1.165, 1.54) is 44.2 Å². The fourth-order valence-corrected chi connectivity index (χ4v) is 5.05. The smallest absolute Gasteiger partial charge is 0.242 e. The molecule has 1 saturated carbocycles. The minimum Gasteiger partial charge on any atom is -0.324 e. The van der Waals surface area contributed by atoms with Gasteiger partial charge in [-0.2, -0.15) is 0 Å². The van der Waals surface area contributed by atoms with Crippen LogP contribution in [0.15, 0.2) is 60.9 Å². The zero-order valence-electron chi connectivity index (χ0n) is 19.9. The number of nitrogens with two attached hydrogens (primary N) is 1. The Hall–Kier alpha value is -3.58. The van der Waals surface area contributed by atoms with Gasteiger partial charge in [0.05, 0.1) is 11.7 Å². The van der Waals surface area contributed by atoms with E-state index >= 15 is 0 Å². The Balaban J connectivity index is 1.75. The number of aromatic nitrogens is 3. The van der Waals surface area contributed by atoms with Crippen molar-refractivity contribution in [3.05, 3.63) is 66.7 Å². The summed E-state index contributed by atoms with van der Waals surface area (Å²) in [4.78, 5) is 21.4. The first-order valence-corrected chi connectivity index (χ1v) is 12.3. The van der Waals surface area contributed by atoms with Crippen molar-refractivity contribution in [3.8, 4) is 22.4 Å². The summed E-state index contributed by atoms with van der Waals surface area (Å²) in [7, 11) is 0. The van der Waals surface area contributed by atoms with Crippen molar-refractivity contribution in [2.24, 2.45) is 11.7 Å². The number of halogens is 1. The quantitative estimate of drug-likeness (QED) is 0.374. The van der Waals surface area contributed by atoms with Gasteiger partial charge in [-0.15, -0.1) is 0 Å². The fourth-order valence-electron chi connectivity index (χ4n) is 5.05. The Morgan fingerprint density at radius 3 is 2.46 bits per heavy atom. The maximum atomic E-state index is 13.9. The van der Waals surface area contributed by atoms with Crippen molar-refractivity contribution < 1.29 is 9.18 Å². The molecule has 7 heteroatoms. The van der Waals surface area contributed by atoms with E-state index in [1.54, 1.807) is 19.3 Å².